The molecule has 2 rings (SSSR count). The average Bonchev–Trinajstić information content (AvgIpc) is 2.77. The summed E-state index contributed by atoms with van der Waals surface area (Å²) in [4.78, 5) is 17.5. The van der Waals surface area contributed by atoms with Crippen molar-refractivity contribution in [1.82, 2.24) is 5.48 Å². The van der Waals surface area contributed by atoms with Crippen molar-refractivity contribution in [2.24, 2.45) is 0 Å². The summed E-state index contributed by atoms with van der Waals surface area (Å²) >= 11 is 0. The molecule has 0 aliphatic carbocycles. The van der Waals surface area contributed by atoms with E-state index in [4.69, 9.17) is 4.84 Å². The van der Waals surface area contributed by atoms with Crippen LogP contribution in [-0.2, 0) is 17.9 Å². The molecule has 3 nitrogen and oxygen atoms in total. The van der Waals surface area contributed by atoms with Gasteiger partial charge in [0.05, 0.1) is 6.61 Å². The van der Waals surface area contributed by atoms with Crippen LogP contribution in [-0.4, -0.2) is 5.91 Å². The lowest BCUT2D eigenvalue weighted by Crippen LogP contribution is -2.23. The van der Waals surface area contributed by atoms with Crippen LogP contribution in [0, 0.1) is 0 Å². The molecule has 1 amide bonds. The highest BCUT2D eigenvalue weighted by Gasteiger charge is 2.06. The summed E-state index contributed by atoms with van der Waals surface area (Å²) in [5, 5.41) is 0. The summed E-state index contributed by atoms with van der Waals surface area (Å²) in [6.07, 6.45) is 16.1. The van der Waals surface area contributed by atoms with Gasteiger partial charge in [0, 0.05) is 5.56 Å². The fraction of sp³-hybridized carbons (Fsp3) is 0.444. The number of hydrogen-bond donors (Lipinski definition) is 1. The van der Waals surface area contributed by atoms with Gasteiger partial charge in [-0.3, -0.25) is 9.63 Å². The molecule has 0 aliphatic rings. The van der Waals surface area contributed by atoms with Crippen LogP contribution in [0.3, 0.4) is 0 Å². The summed E-state index contributed by atoms with van der Waals surface area (Å²) in [7, 11) is 0. The number of hydrogen-bond acceptors (Lipinski definition) is 2. The first kappa shape index (κ1) is 23.9. The molecular weight excluding hydrogens is 370 g/mol. The fourth-order valence-electron chi connectivity index (χ4n) is 3.58. The van der Waals surface area contributed by atoms with Gasteiger partial charge >= 0.3 is 0 Å². The van der Waals surface area contributed by atoms with E-state index in [1.54, 1.807) is 12.1 Å². The lowest BCUT2D eigenvalue weighted by molar-refractivity contribution is 0.0233. The van der Waals surface area contributed by atoms with Gasteiger partial charge in [0.2, 0.25) is 0 Å². The van der Waals surface area contributed by atoms with Gasteiger partial charge in [-0.25, -0.2) is 5.48 Å². The monoisotopic (exact) mass is 407 g/mol. The minimum Gasteiger partial charge on any atom is -0.269 e. The Kier molecular flexibility index (Phi) is 11.6. The highest BCUT2D eigenvalue weighted by Crippen LogP contribution is 2.18. The molecule has 0 saturated heterocycles. The predicted molar refractivity (Wildman–Crippen MR) is 126 cm³/mol. The molecule has 3 heteroatoms. The Morgan fingerprint density at radius 1 is 0.933 bits per heavy atom. The summed E-state index contributed by atoms with van der Waals surface area (Å²) in [6.45, 7) is 4.66. The number of carbonyl (C=O) groups excluding carboxylic acids is 1. The number of benzene rings is 2. The molecule has 0 radical (unpaired) electrons. The zero-order chi connectivity index (χ0) is 21.4. The Bertz CT molecular complexity index is 768. The maximum atomic E-state index is 12.1. The van der Waals surface area contributed by atoms with Crippen LogP contribution >= 0.6 is 0 Å². The Labute approximate surface area is 182 Å². The van der Waals surface area contributed by atoms with E-state index >= 15 is 0 Å². The fourth-order valence-corrected chi connectivity index (χ4v) is 3.58. The molecule has 0 unspecified atom stereocenters. The first-order valence-electron chi connectivity index (χ1n) is 11.5. The van der Waals surface area contributed by atoms with Crippen LogP contribution in [0.5, 0.6) is 0 Å². The zero-order valence-corrected chi connectivity index (χ0v) is 18.7. The largest absolute Gasteiger partial charge is 0.274 e. The Morgan fingerprint density at radius 3 is 2.33 bits per heavy atom. The number of hydroxylamine groups is 1. The van der Waals surface area contributed by atoms with E-state index in [0.717, 1.165) is 12.0 Å². The first-order chi connectivity index (χ1) is 14.7. The van der Waals surface area contributed by atoms with Gasteiger partial charge in [-0.15, -0.1) is 0 Å². The van der Waals surface area contributed by atoms with E-state index in [1.807, 2.05) is 25.1 Å². The predicted octanol–water partition coefficient (Wildman–Crippen LogP) is 7.26. The summed E-state index contributed by atoms with van der Waals surface area (Å²) in [5.41, 5.74) is 6.80. The van der Waals surface area contributed by atoms with Crippen LogP contribution < -0.4 is 5.48 Å². The van der Waals surface area contributed by atoms with Crippen LogP contribution in [0.2, 0.25) is 0 Å². The number of amides is 1. The van der Waals surface area contributed by atoms with E-state index in [9.17, 15) is 4.79 Å². The number of carbonyl (C=O) groups is 1. The highest BCUT2D eigenvalue weighted by molar-refractivity contribution is 5.93. The molecule has 0 saturated carbocycles. The maximum Gasteiger partial charge on any atom is 0.274 e. The number of nitrogens with one attached hydrogen (secondary N) is 1. The zero-order valence-electron chi connectivity index (χ0n) is 18.7. The third kappa shape index (κ3) is 8.96. The van der Waals surface area contributed by atoms with Crippen molar-refractivity contribution in [1.29, 1.82) is 0 Å². The summed E-state index contributed by atoms with van der Waals surface area (Å²) in [6, 6.07) is 15.6. The molecule has 30 heavy (non-hydrogen) atoms. The summed E-state index contributed by atoms with van der Waals surface area (Å²) < 4.78 is 0. The van der Waals surface area contributed by atoms with Crippen molar-refractivity contribution >= 4 is 12.0 Å². The van der Waals surface area contributed by atoms with E-state index < -0.39 is 0 Å². The van der Waals surface area contributed by atoms with Gasteiger partial charge in [-0.05, 0) is 54.7 Å². The number of allylic oxidation sites excluding steroid dienone is 1. The van der Waals surface area contributed by atoms with Crippen LogP contribution in [0.4, 0.5) is 0 Å². The van der Waals surface area contributed by atoms with Gasteiger partial charge in [0.1, 0.15) is 0 Å². The Hall–Kier alpha value is -2.39. The average molecular weight is 408 g/mol. The van der Waals surface area contributed by atoms with Crippen molar-refractivity contribution in [3.63, 3.8) is 0 Å². The SMILES string of the molecule is C/C=C/c1cc(CONC(=O)c2ccccc2)ccc1CCCCCCCCCC. The smallest absolute Gasteiger partial charge is 0.269 e. The molecule has 0 heterocycles. The standard InChI is InChI=1S/C27H37NO2/c1-3-5-6-7-8-9-10-12-16-24-20-19-23(21-26(24)15-4-2)22-30-28-27(29)25-17-13-11-14-18-25/h4,11,13-15,17-21H,3,5-10,12,16,22H2,1-2H3,(H,28,29)/b15-4+. The van der Waals surface area contributed by atoms with Crippen molar-refractivity contribution in [2.75, 3.05) is 0 Å². The van der Waals surface area contributed by atoms with Crippen molar-refractivity contribution in [3.8, 4) is 0 Å². The first-order valence-corrected chi connectivity index (χ1v) is 11.5. The second-order valence-corrected chi connectivity index (χ2v) is 7.84. The van der Waals surface area contributed by atoms with E-state index in [2.05, 4.69) is 42.8 Å². The third-order valence-corrected chi connectivity index (χ3v) is 5.30. The Balaban J connectivity index is 1.77. The van der Waals surface area contributed by atoms with Crippen LogP contribution in [0.25, 0.3) is 6.08 Å². The molecule has 2 aromatic rings. The Morgan fingerprint density at radius 2 is 1.63 bits per heavy atom. The number of aryl methyl sites for hydroxylation is 1. The van der Waals surface area contributed by atoms with Gasteiger partial charge in [-0.1, -0.05) is 94.4 Å². The molecule has 162 valence electrons. The van der Waals surface area contributed by atoms with E-state index in [-0.39, 0.29) is 5.91 Å². The molecular formula is C27H37NO2. The lowest BCUT2D eigenvalue weighted by Gasteiger charge is -2.11. The van der Waals surface area contributed by atoms with Gasteiger partial charge < -0.3 is 0 Å². The van der Waals surface area contributed by atoms with Crippen molar-refractivity contribution in [2.45, 2.75) is 78.2 Å². The molecule has 0 atom stereocenters. The molecule has 2 aromatic carbocycles. The number of rotatable bonds is 14. The van der Waals surface area contributed by atoms with E-state index in [0.29, 0.717) is 12.2 Å². The molecule has 0 spiro atoms. The minimum atomic E-state index is -0.226. The maximum absolute atomic E-state index is 12.1. The molecule has 0 bridgehead atoms. The highest BCUT2D eigenvalue weighted by atomic mass is 16.6. The second kappa shape index (κ2) is 14.6. The number of unbranched alkanes of at least 4 members (excludes halogenated alkanes) is 7. The van der Waals surface area contributed by atoms with Crippen LogP contribution in [0.15, 0.2) is 54.6 Å². The molecule has 0 aromatic heterocycles. The topological polar surface area (TPSA) is 38.3 Å². The quantitative estimate of drug-likeness (QED) is 0.264. The molecule has 0 aliphatic heterocycles. The molecule has 0 fully saturated rings. The minimum absolute atomic E-state index is 0.226. The summed E-state index contributed by atoms with van der Waals surface area (Å²) in [5.74, 6) is -0.226. The normalized spacial score (nSPS) is 11.1. The third-order valence-electron chi connectivity index (χ3n) is 5.30. The van der Waals surface area contributed by atoms with Gasteiger partial charge in [-0.2, -0.15) is 0 Å². The lowest BCUT2D eigenvalue weighted by atomic mass is 9.98. The van der Waals surface area contributed by atoms with E-state index in [1.165, 1.54) is 62.5 Å². The second-order valence-electron chi connectivity index (χ2n) is 7.84. The van der Waals surface area contributed by atoms with Gasteiger partial charge in [0.25, 0.3) is 5.91 Å². The molecule has 1 N–H and O–H groups in total. The van der Waals surface area contributed by atoms with Crippen molar-refractivity contribution < 1.29 is 9.63 Å². The van der Waals surface area contributed by atoms with Gasteiger partial charge in [0.15, 0.2) is 0 Å². The van der Waals surface area contributed by atoms with Crippen LogP contribution in [0.1, 0.15) is 92.3 Å². The van der Waals surface area contributed by atoms with Crippen molar-refractivity contribution in [3.05, 3.63) is 76.9 Å².